The van der Waals surface area contributed by atoms with Crippen molar-refractivity contribution in [3.05, 3.63) is 84.1 Å². The zero-order valence-electron chi connectivity index (χ0n) is 48.8. The fraction of sp³-hybridized carbons (Fsp3) is 0.474. The van der Waals surface area contributed by atoms with Gasteiger partial charge in [-0.1, -0.05) is 65.6 Å². The summed E-state index contributed by atoms with van der Waals surface area (Å²) >= 11 is 1.41. The molecule has 2 aromatic heterocycles. The number of nitrogens with one attached hydrogen (secondary N) is 5. The van der Waals surface area contributed by atoms with Crippen LogP contribution in [0.3, 0.4) is 0 Å². The Hall–Kier alpha value is -8.09. The number of nitrogens with two attached hydrogens (primary N) is 1. The number of ether oxygens (including phenoxy) is 1. The Labute approximate surface area is 522 Å². The number of carbonyl (C=O) groups is 8. The number of rotatable bonds is 20. The summed E-state index contributed by atoms with van der Waals surface area (Å²) in [6, 6.07) is 5.49. The first-order valence-electron chi connectivity index (χ1n) is 28.8. The molecule has 486 valence electrons. The number of unbranched alkanes of at least 4 members (excludes halogenated alkanes) is 2. The van der Waals surface area contributed by atoms with Gasteiger partial charge in [0.05, 0.1) is 61.5 Å². The molecule has 0 bridgehead atoms. The minimum atomic E-state index is -2.22. The number of carbonyl (C=O) groups excluding carboxylic acids is 8. The fourth-order valence-electron chi connectivity index (χ4n) is 10.6. The summed E-state index contributed by atoms with van der Waals surface area (Å²) in [5, 5.41) is 108. The monoisotopic (exact) mass is 1290 g/mol. The van der Waals surface area contributed by atoms with Gasteiger partial charge in [0, 0.05) is 61.5 Å². The van der Waals surface area contributed by atoms with Crippen molar-refractivity contribution >= 4 is 75.9 Å². The summed E-state index contributed by atoms with van der Waals surface area (Å²) in [6.07, 6.45) is -8.79. The number of aromatic hydroxyl groups is 1. The fourth-order valence-corrected chi connectivity index (χ4v) is 11.8. The third kappa shape index (κ3) is 16.6. The number of phenolic OH excluding ortho intramolecular Hbond substituents is 1. The van der Waals surface area contributed by atoms with Gasteiger partial charge in [-0.3, -0.25) is 38.4 Å². The van der Waals surface area contributed by atoms with Crippen molar-refractivity contribution in [1.29, 1.82) is 0 Å². The molecule has 0 saturated carbocycles. The van der Waals surface area contributed by atoms with Crippen LogP contribution in [0.5, 0.6) is 17.2 Å². The molecule has 13 unspecified atom stereocenters. The number of fused-ring (bicyclic) bond motifs is 3. The quantitative estimate of drug-likeness (QED) is 0.0184. The van der Waals surface area contributed by atoms with E-state index in [1.54, 1.807) is 22.8 Å². The zero-order chi connectivity index (χ0) is 65.1. The maximum Gasteiger partial charge on any atom is 0.261 e. The summed E-state index contributed by atoms with van der Waals surface area (Å²) in [4.78, 5) is 120. The van der Waals surface area contributed by atoms with E-state index in [9.17, 15) is 74.1 Å². The number of aliphatic hydroxyl groups excluding tert-OH is 6. The number of aliphatic hydroxyl groups is 6. The van der Waals surface area contributed by atoms with Crippen LogP contribution in [0.15, 0.2) is 72.9 Å². The molecule has 15 N–H and O–H groups in total. The highest BCUT2D eigenvalue weighted by Gasteiger charge is 2.50. The standard InChI is InChI=1S/C57H71N11O20S2/c1-4-5-6-17-85-35-14-12-32(13-15-35)54-65-68-26-37(61-57(68)89-54)30-8-10-31(11-9-30)49(77)60-36-20-33(70)23-59-53(81)47-48(76)27(2)24-67(47)56(83)46(41(74)22-43(58)75)64-52(80)45(40(73)18-29-7-16-39(72)42(19-29)86-90-88-87-84)63-51(79)38-21-34(71)25-66(38)55(82)44(28(3)69)62-50(36)78/h7-16,19,26-28,33-34,36,38,40-41,44-48,69-74,76,84H,4-6,17-18,20-25H2,1-3H3,(H2,58,75)(H,59,81)(H,60,77)(H,62,78)(H,63,79)(H,64,80). The first-order chi connectivity index (χ1) is 42.9. The summed E-state index contributed by atoms with van der Waals surface area (Å²) in [6.45, 7) is 3.61. The van der Waals surface area contributed by atoms with Gasteiger partial charge in [-0.15, -0.1) is 0 Å². The first-order valence-corrected chi connectivity index (χ1v) is 30.2. The van der Waals surface area contributed by atoms with Crippen LogP contribution < -0.4 is 41.2 Å². The molecular weight excluding hydrogens is 1220 g/mol. The van der Waals surface area contributed by atoms with E-state index in [-0.39, 0.29) is 29.2 Å². The van der Waals surface area contributed by atoms with E-state index in [0.717, 1.165) is 64.4 Å². The van der Waals surface area contributed by atoms with E-state index in [1.165, 1.54) is 36.5 Å². The maximum atomic E-state index is 14.7. The van der Waals surface area contributed by atoms with Gasteiger partial charge in [-0.25, -0.2) is 14.8 Å². The van der Waals surface area contributed by atoms with Crippen LogP contribution in [-0.2, 0) is 49.4 Å². The van der Waals surface area contributed by atoms with Gasteiger partial charge >= 0.3 is 0 Å². The summed E-state index contributed by atoms with van der Waals surface area (Å²) in [5.41, 5.74) is 7.47. The minimum Gasteiger partial charge on any atom is -0.504 e. The van der Waals surface area contributed by atoms with Gasteiger partial charge in [-0.2, -0.15) is 5.10 Å². The Morgan fingerprint density at radius 3 is 2.19 bits per heavy atom. The Bertz CT molecular complexity index is 3340. The molecule has 3 fully saturated rings. The molecule has 8 rings (SSSR count). The van der Waals surface area contributed by atoms with Crippen molar-refractivity contribution in [2.75, 3.05) is 26.2 Å². The molecule has 3 saturated heterocycles. The molecule has 90 heavy (non-hydrogen) atoms. The highest BCUT2D eigenvalue weighted by Crippen LogP contribution is 2.33. The molecule has 3 aliphatic heterocycles. The lowest BCUT2D eigenvalue weighted by atomic mass is 9.98. The van der Waals surface area contributed by atoms with Gasteiger partial charge in [0.25, 0.3) is 18.2 Å². The predicted molar refractivity (Wildman–Crippen MR) is 317 cm³/mol. The van der Waals surface area contributed by atoms with Crippen molar-refractivity contribution in [3.63, 3.8) is 0 Å². The lowest BCUT2D eigenvalue weighted by molar-refractivity contribution is -0.433. The van der Waals surface area contributed by atoms with Gasteiger partial charge in [0.2, 0.25) is 46.3 Å². The van der Waals surface area contributed by atoms with E-state index in [4.69, 9.17) is 30.0 Å². The van der Waals surface area contributed by atoms with Crippen LogP contribution in [0.1, 0.15) is 75.2 Å². The van der Waals surface area contributed by atoms with Crippen LogP contribution in [-0.4, -0.2) is 212 Å². The molecule has 13 atom stereocenters. The lowest BCUT2D eigenvalue weighted by Gasteiger charge is -2.33. The van der Waals surface area contributed by atoms with Crippen LogP contribution in [0.4, 0.5) is 0 Å². The molecule has 33 heteroatoms. The van der Waals surface area contributed by atoms with Gasteiger partial charge in [0.15, 0.2) is 11.5 Å². The molecule has 0 spiro atoms. The number of nitrogens with zero attached hydrogens (tertiary/aromatic N) is 5. The topological polar surface area (TPSA) is 458 Å². The van der Waals surface area contributed by atoms with Gasteiger partial charge < -0.3 is 86.8 Å². The second kappa shape index (κ2) is 30.6. The average Bonchev–Trinajstić information content (AvgIpc) is 1.76. The van der Waals surface area contributed by atoms with Crippen molar-refractivity contribution in [2.24, 2.45) is 11.7 Å². The molecule has 3 aromatic carbocycles. The van der Waals surface area contributed by atoms with Crippen LogP contribution in [0.25, 0.3) is 26.8 Å². The van der Waals surface area contributed by atoms with Crippen molar-refractivity contribution in [3.8, 4) is 39.1 Å². The number of phenols is 1. The summed E-state index contributed by atoms with van der Waals surface area (Å²) in [5.74, 6) is -10.3. The smallest absolute Gasteiger partial charge is 0.261 e. The van der Waals surface area contributed by atoms with E-state index in [1.807, 2.05) is 24.3 Å². The molecular formula is C57H71N11O20S2. The number of imidazole rings is 1. The summed E-state index contributed by atoms with van der Waals surface area (Å²) < 4.78 is 16.8. The van der Waals surface area contributed by atoms with Crippen molar-refractivity contribution < 1.29 is 97.7 Å². The summed E-state index contributed by atoms with van der Waals surface area (Å²) in [7, 11) is 0. The molecule has 0 aliphatic carbocycles. The number of primary amides is 1. The van der Waals surface area contributed by atoms with Crippen LogP contribution in [0.2, 0.25) is 0 Å². The molecule has 3 aliphatic rings. The largest absolute Gasteiger partial charge is 0.504 e. The number of β-amino-alcohol motifs (C(OH)–C–C–N with tert-alkyl or cyclic N) is 1. The Morgan fingerprint density at radius 2 is 1.51 bits per heavy atom. The maximum absolute atomic E-state index is 14.7. The first kappa shape index (κ1) is 67.8. The van der Waals surface area contributed by atoms with E-state index >= 15 is 0 Å². The normalized spacial score (nSPS) is 25.0. The number of hydrogen-bond donors (Lipinski definition) is 14. The second-order valence-electron chi connectivity index (χ2n) is 22.2. The molecule has 5 heterocycles. The Kier molecular flexibility index (Phi) is 23.1. The minimum absolute atomic E-state index is 0.00421. The van der Waals surface area contributed by atoms with E-state index in [0.29, 0.717) is 22.8 Å². The SMILES string of the molecule is CCCCCOc1ccc(-c2nn3cc(-c4ccc(C(=O)NC5CC(O)CNC(=O)C6C(O)C(C)CN6C(=O)C(C(O)CC(N)=O)NC(=O)C(C(O)Cc6ccc(O)c(OSOOO)c6)NC(=O)C6CC(O)CN6C(=O)C(C(C)O)NC5=O)cc4)nc3s2)cc1. The van der Waals surface area contributed by atoms with Crippen molar-refractivity contribution in [2.45, 2.75) is 139 Å². The number of amides is 8. The third-order valence-electron chi connectivity index (χ3n) is 15.4. The highest BCUT2D eigenvalue weighted by atomic mass is 32.2. The molecule has 5 aromatic rings. The van der Waals surface area contributed by atoms with Crippen LogP contribution in [0, 0.1) is 5.92 Å². The highest BCUT2D eigenvalue weighted by molar-refractivity contribution is 7.90. The molecule has 31 nitrogen and oxygen atoms in total. The zero-order valence-corrected chi connectivity index (χ0v) is 50.5. The van der Waals surface area contributed by atoms with E-state index < -0.39 is 177 Å². The van der Waals surface area contributed by atoms with Gasteiger partial charge in [-0.05, 0) is 67.4 Å². The molecule has 0 radical (unpaired) electrons. The van der Waals surface area contributed by atoms with Crippen LogP contribution >= 0.6 is 23.7 Å². The van der Waals surface area contributed by atoms with Crippen molar-refractivity contribution in [1.82, 2.24) is 51.0 Å². The Balaban J connectivity index is 1.07. The number of benzene rings is 3. The predicted octanol–water partition coefficient (Wildman–Crippen LogP) is -1.41. The number of aromatic nitrogens is 3. The Morgan fingerprint density at radius 1 is 0.822 bits per heavy atom. The average molecular weight is 1290 g/mol. The second-order valence-corrected chi connectivity index (χ2v) is 23.6. The molecule has 8 amide bonds. The number of hydrogen-bond acceptors (Lipinski definition) is 24. The lowest BCUT2D eigenvalue weighted by Crippen LogP contribution is -2.64. The third-order valence-corrected chi connectivity index (χ3v) is 16.7. The van der Waals surface area contributed by atoms with Gasteiger partial charge in [0.1, 0.15) is 47.0 Å². The van der Waals surface area contributed by atoms with E-state index in [2.05, 4.69) is 42.9 Å².